The van der Waals surface area contributed by atoms with Crippen molar-refractivity contribution >= 4 is 12.9 Å². The van der Waals surface area contributed by atoms with Crippen molar-refractivity contribution in [3.8, 4) is 0 Å². The quantitative estimate of drug-likeness (QED) is 0.490. The predicted molar refractivity (Wildman–Crippen MR) is 36.8 cm³/mol. The topological polar surface area (TPSA) is 12.9 Å². The first kappa shape index (κ1) is 6.27. The lowest BCUT2D eigenvalue weighted by atomic mass is 9.78. The molecule has 0 saturated heterocycles. The van der Waals surface area contributed by atoms with Gasteiger partial charge in [-0.25, -0.2) is 4.39 Å². The fourth-order valence-corrected chi connectivity index (χ4v) is 0.642. The van der Waals surface area contributed by atoms with Crippen molar-refractivity contribution < 1.29 is 4.39 Å². The molecule has 0 N–H and O–H groups in total. The highest BCUT2D eigenvalue weighted by molar-refractivity contribution is 6.50. The summed E-state index contributed by atoms with van der Waals surface area (Å²) in [7, 11) is 0.789. The van der Waals surface area contributed by atoms with E-state index < -0.39 is 0 Å². The van der Waals surface area contributed by atoms with E-state index in [0.29, 0.717) is 0 Å². The molecule has 0 atom stereocenters. The van der Waals surface area contributed by atoms with Gasteiger partial charge in [0.25, 0.3) is 0 Å². The summed E-state index contributed by atoms with van der Waals surface area (Å²) >= 11 is 0. The van der Waals surface area contributed by atoms with Gasteiger partial charge in [-0.05, 0) is 12.1 Å². The number of pyridine rings is 1. The summed E-state index contributed by atoms with van der Waals surface area (Å²) in [4.78, 5) is 3.92. The van der Waals surface area contributed by atoms with Gasteiger partial charge < -0.3 is 0 Å². The third-order valence-electron chi connectivity index (χ3n) is 1.14. The average Bonchev–Trinajstić information content (AvgIpc) is 1.88. The number of aromatic nitrogens is 1. The van der Waals surface area contributed by atoms with E-state index in [1.165, 1.54) is 18.3 Å². The Bertz CT molecular complexity index is 202. The normalized spacial score (nSPS) is 9.11. The van der Waals surface area contributed by atoms with Crippen LogP contribution in [0.2, 0.25) is 6.82 Å². The fourth-order valence-electron chi connectivity index (χ4n) is 0.642. The lowest BCUT2D eigenvalue weighted by molar-refractivity contribution is 0.627. The Balaban J connectivity index is 2.94. The summed E-state index contributed by atoms with van der Waals surface area (Å²) in [5.41, 5.74) is 0.801. The van der Waals surface area contributed by atoms with E-state index in [0.717, 1.165) is 12.9 Å². The summed E-state index contributed by atoms with van der Waals surface area (Å²) in [5.74, 6) is -0.207. The van der Waals surface area contributed by atoms with Crippen molar-refractivity contribution in [3.05, 3.63) is 24.1 Å². The predicted octanol–water partition coefficient (Wildman–Crippen LogP) is 0.331. The molecule has 0 saturated carbocycles. The van der Waals surface area contributed by atoms with Crippen LogP contribution < -0.4 is 5.59 Å². The molecule has 1 heterocycles. The zero-order valence-corrected chi connectivity index (χ0v) is 5.26. The molecular weight excluding hydrogens is 116 g/mol. The summed E-state index contributed by atoms with van der Waals surface area (Å²) in [6, 6.07) is 2.79. The summed E-state index contributed by atoms with van der Waals surface area (Å²) in [5, 5.41) is 0. The second-order valence-electron chi connectivity index (χ2n) is 1.82. The van der Waals surface area contributed by atoms with Gasteiger partial charge >= 0.3 is 0 Å². The molecule has 0 amide bonds. The number of halogens is 1. The minimum Gasteiger partial charge on any atom is -0.272 e. The van der Waals surface area contributed by atoms with Crippen LogP contribution in [-0.4, -0.2) is 12.3 Å². The van der Waals surface area contributed by atoms with Crippen LogP contribution in [0, 0.1) is 5.82 Å². The van der Waals surface area contributed by atoms with E-state index in [4.69, 9.17) is 0 Å². The highest BCUT2D eigenvalue weighted by Gasteiger charge is 1.91. The highest BCUT2D eigenvalue weighted by Crippen LogP contribution is 1.87. The van der Waals surface area contributed by atoms with Gasteiger partial charge in [0, 0.05) is 11.8 Å². The Kier molecular flexibility index (Phi) is 1.83. The molecule has 0 fully saturated rings. The molecule has 1 nitrogen and oxygen atoms in total. The van der Waals surface area contributed by atoms with Crippen molar-refractivity contribution in [2.24, 2.45) is 0 Å². The molecule has 0 spiro atoms. The number of hydrogen-bond acceptors (Lipinski definition) is 1. The summed E-state index contributed by atoms with van der Waals surface area (Å²) in [6.07, 6.45) is 1.48. The lowest BCUT2D eigenvalue weighted by Gasteiger charge is -1.90. The number of rotatable bonds is 1. The molecule has 1 aromatic heterocycles. The van der Waals surface area contributed by atoms with Crippen LogP contribution >= 0.6 is 0 Å². The van der Waals surface area contributed by atoms with E-state index >= 15 is 0 Å². The molecule has 0 aliphatic carbocycles. The Hall–Kier alpha value is -0.855. The molecule has 1 aromatic rings. The second-order valence-corrected chi connectivity index (χ2v) is 1.82. The smallest absolute Gasteiger partial charge is 0.179 e. The Morgan fingerprint density at radius 2 is 2.44 bits per heavy atom. The molecule has 0 bridgehead atoms. The highest BCUT2D eigenvalue weighted by atomic mass is 19.1. The fraction of sp³-hybridized carbons (Fsp3) is 0.167. The van der Waals surface area contributed by atoms with Crippen molar-refractivity contribution in [1.29, 1.82) is 0 Å². The van der Waals surface area contributed by atoms with Gasteiger partial charge in [0.15, 0.2) is 7.28 Å². The molecule has 1 rings (SSSR count). The van der Waals surface area contributed by atoms with Crippen molar-refractivity contribution in [2.45, 2.75) is 6.82 Å². The van der Waals surface area contributed by atoms with Gasteiger partial charge in [-0.2, -0.15) is 0 Å². The monoisotopic (exact) mass is 123 g/mol. The minimum absolute atomic E-state index is 0.207. The molecule has 9 heavy (non-hydrogen) atoms. The van der Waals surface area contributed by atoms with E-state index in [9.17, 15) is 4.39 Å². The van der Waals surface area contributed by atoms with Crippen molar-refractivity contribution in [3.63, 3.8) is 0 Å². The average molecular weight is 123 g/mol. The van der Waals surface area contributed by atoms with Crippen LogP contribution in [0.5, 0.6) is 0 Å². The zero-order valence-electron chi connectivity index (χ0n) is 5.26. The van der Waals surface area contributed by atoms with Crippen LogP contribution in [0.15, 0.2) is 18.3 Å². The molecule has 0 aliphatic rings. The van der Waals surface area contributed by atoms with Crippen molar-refractivity contribution in [2.75, 3.05) is 0 Å². The second kappa shape index (κ2) is 2.62. The van der Waals surface area contributed by atoms with Gasteiger partial charge in [-0.15, -0.1) is 0 Å². The first-order chi connectivity index (χ1) is 4.33. The van der Waals surface area contributed by atoms with E-state index in [2.05, 4.69) is 4.98 Å². The SMILES string of the molecule is CBc1cc(F)ccn1. The molecule has 3 heteroatoms. The van der Waals surface area contributed by atoms with Crippen LogP contribution in [0.4, 0.5) is 4.39 Å². The maximum absolute atomic E-state index is 12.3. The molecular formula is C6H7BFN. The zero-order chi connectivity index (χ0) is 6.69. The maximum Gasteiger partial charge on any atom is 0.179 e. The van der Waals surface area contributed by atoms with Gasteiger partial charge in [-0.3, -0.25) is 4.98 Å². The molecule has 0 radical (unpaired) electrons. The van der Waals surface area contributed by atoms with Crippen LogP contribution in [0.1, 0.15) is 0 Å². The molecule has 0 unspecified atom stereocenters. The largest absolute Gasteiger partial charge is 0.272 e. The van der Waals surface area contributed by atoms with Crippen molar-refractivity contribution in [1.82, 2.24) is 4.98 Å². The molecule has 0 aromatic carbocycles. The van der Waals surface area contributed by atoms with Crippen LogP contribution in [0.3, 0.4) is 0 Å². The summed E-state index contributed by atoms with van der Waals surface area (Å²) in [6.45, 7) is 1.95. The summed E-state index contributed by atoms with van der Waals surface area (Å²) < 4.78 is 12.3. The van der Waals surface area contributed by atoms with Crippen LogP contribution in [0.25, 0.3) is 0 Å². The Morgan fingerprint density at radius 3 is 2.89 bits per heavy atom. The van der Waals surface area contributed by atoms with Gasteiger partial charge in [0.1, 0.15) is 5.82 Å². The first-order valence-corrected chi connectivity index (χ1v) is 2.93. The maximum atomic E-state index is 12.3. The third kappa shape index (κ3) is 1.52. The standard InChI is InChI=1S/C6H7BFN/c1-7-6-4-5(8)2-3-9-6/h2-4,7H,1H3. The van der Waals surface area contributed by atoms with Gasteiger partial charge in [-0.1, -0.05) is 6.82 Å². The van der Waals surface area contributed by atoms with Gasteiger partial charge in [0.2, 0.25) is 0 Å². The van der Waals surface area contributed by atoms with E-state index in [1.807, 2.05) is 6.82 Å². The molecule has 46 valence electrons. The van der Waals surface area contributed by atoms with E-state index in [-0.39, 0.29) is 5.82 Å². The lowest BCUT2D eigenvalue weighted by Crippen LogP contribution is -2.14. The van der Waals surface area contributed by atoms with E-state index in [1.54, 1.807) is 0 Å². The van der Waals surface area contributed by atoms with Gasteiger partial charge in [0.05, 0.1) is 0 Å². The van der Waals surface area contributed by atoms with Crippen LogP contribution in [-0.2, 0) is 0 Å². The minimum atomic E-state index is -0.207. The number of nitrogens with zero attached hydrogens (tertiary/aromatic N) is 1. The molecule has 0 aliphatic heterocycles. The Morgan fingerprint density at radius 1 is 1.67 bits per heavy atom. The third-order valence-corrected chi connectivity index (χ3v) is 1.14. The number of hydrogen-bond donors (Lipinski definition) is 0. The first-order valence-electron chi connectivity index (χ1n) is 2.93. The Labute approximate surface area is 54.2 Å².